The van der Waals surface area contributed by atoms with E-state index in [2.05, 4.69) is 4.74 Å². The van der Waals surface area contributed by atoms with E-state index in [0.29, 0.717) is 0 Å². The lowest BCUT2D eigenvalue weighted by atomic mass is 10.3. The maximum absolute atomic E-state index is 11.1. The van der Waals surface area contributed by atoms with Gasteiger partial charge in [-0.1, -0.05) is 24.8 Å². The standard InChI is InChI=1S/C14H12NO2S/c1-17-14(16)9-8-11-5-4-10-15(11)12-6-2-3-7-13(12)18/h2-10H,1H3/b9-8+. The molecular weight excluding hydrogens is 246 g/mol. The molecule has 91 valence electrons. The largest absolute Gasteiger partial charge is 0.466 e. The SMILES string of the molecule is COC(=O)/C=C/c1cccn1-c1ccccc1[S]. The molecule has 0 atom stereocenters. The number of carbonyl (C=O) groups is 1. The first-order valence-corrected chi connectivity index (χ1v) is 5.83. The summed E-state index contributed by atoms with van der Waals surface area (Å²) in [4.78, 5) is 11.8. The Balaban J connectivity index is 2.37. The summed E-state index contributed by atoms with van der Waals surface area (Å²) in [7, 11) is 1.35. The smallest absolute Gasteiger partial charge is 0.330 e. The van der Waals surface area contributed by atoms with Crippen LogP contribution in [0.15, 0.2) is 53.6 Å². The van der Waals surface area contributed by atoms with Crippen molar-refractivity contribution in [1.82, 2.24) is 4.57 Å². The predicted octanol–water partition coefficient (Wildman–Crippen LogP) is 3.22. The molecule has 0 aliphatic carbocycles. The first kappa shape index (κ1) is 12.4. The molecule has 0 unspecified atom stereocenters. The maximum Gasteiger partial charge on any atom is 0.330 e. The van der Waals surface area contributed by atoms with Gasteiger partial charge in [0.1, 0.15) is 0 Å². The van der Waals surface area contributed by atoms with E-state index in [1.54, 1.807) is 6.08 Å². The number of benzene rings is 1. The number of hydrogen-bond donors (Lipinski definition) is 0. The Kier molecular flexibility index (Phi) is 3.79. The van der Waals surface area contributed by atoms with E-state index >= 15 is 0 Å². The summed E-state index contributed by atoms with van der Waals surface area (Å²) in [6, 6.07) is 11.5. The van der Waals surface area contributed by atoms with Crippen molar-refractivity contribution in [3.05, 3.63) is 54.4 Å². The Bertz CT molecular complexity index is 587. The van der Waals surface area contributed by atoms with Gasteiger partial charge in [0, 0.05) is 18.0 Å². The van der Waals surface area contributed by atoms with Crippen molar-refractivity contribution in [3.8, 4) is 5.69 Å². The quantitative estimate of drug-likeness (QED) is 0.625. The Morgan fingerprint density at radius 1 is 1.28 bits per heavy atom. The first-order valence-electron chi connectivity index (χ1n) is 5.42. The predicted molar refractivity (Wildman–Crippen MR) is 72.7 cm³/mol. The summed E-state index contributed by atoms with van der Waals surface area (Å²) >= 11 is 5.28. The van der Waals surface area contributed by atoms with Gasteiger partial charge in [0.15, 0.2) is 0 Å². The van der Waals surface area contributed by atoms with Gasteiger partial charge < -0.3 is 9.30 Å². The monoisotopic (exact) mass is 258 g/mol. The molecule has 0 aliphatic rings. The van der Waals surface area contributed by atoms with E-state index < -0.39 is 0 Å². The molecule has 1 radical (unpaired) electrons. The zero-order valence-corrected chi connectivity index (χ0v) is 10.7. The second kappa shape index (κ2) is 5.51. The number of aromatic nitrogens is 1. The third-order valence-electron chi connectivity index (χ3n) is 2.50. The molecule has 1 aromatic carbocycles. The van der Waals surface area contributed by atoms with Crippen molar-refractivity contribution in [3.63, 3.8) is 0 Å². The van der Waals surface area contributed by atoms with Crippen molar-refractivity contribution < 1.29 is 9.53 Å². The minimum atomic E-state index is -0.380. The van der Waals surface area contributed by atoms with Crippen LogP contribution in [0.3, 0.4) is 0 Å². The van der Waals surface area contributed by atoms with E-state index in [9.17, 15) is 4.79 Å². The lowest BCUT2D eigenvalue weighted by molar-refractivity contribution is -0.134. The second-order valence-electron chi connectivity index (χ2n) is 3.63. The van der Waals surface area contributed by atoms with Crippen molar-refractivity contribution in [2.24, 2.45) is 0 Å². The fourth-order valence-corrected chi connectivity index (χ4v) is 1.87. The van der Waals surface area contributed by atoms with Gasteiger partial charge in [-0.25, -0.2) is 4.79 Å². The summed E-state index contributed by atoms with van der Waals surface area (Å²) < 4.78 is 6.49. The van der Waals surface area contributed by atoms with Crippen molar-refractivity contribution in [2.75, 3.05) is 7.11 Å². The molecule has 18 heavy (non-hydrogen) atoms. The third-order valence-corrected chi connectivity index (χ3v) is 2.84. The van der Waals surface area contributed by atoms with Crippen LogP contribution in [0, 0.1) is 0 Å². The molecule has 1 heterocycles. The summed E-state index contributed by atoms with van der Waals surface area (Å²) in [5.74, 6) is -0.380. The molecule has 4 heteroatoms. The van der Waals surface area contributed by atoms with Crippen molar-refractivity contribution >= 4 is 24.7 Å². The molecule has 2 rings (SSSR count). The number of esters is 1. The normalized spacial score (nSPS) is 10.7. The second-order valence-corrected chi connectivity index (χ2v) is 4.07. The van der Waals surface area contributed by atoms with Gasteiger partial charge >= 0.3 is 5.97 Å². The van der Waals surface area contributed by atoms with Crippen LogP contribution in [0.25, 0.3) is 11.8 Å². The summed E-state index contributed by atoms with van der Waals surface area (Å²) in [5.41, 5.74) is 1.79. The summed E-state index contributed by atoms with van der Waals surface area (Å²) in [6.07, 6.45) is 4.99. The lowest BCUT2D eigenvalue weighted by Crippen LogP contribution is -1.97. The Hall–Kier alpha value is -2.07. The van der Waals surface area contributed by atoms with E-state index in [4.69, 9.17) is 12.6 Å². The molecule has 2 aromatic rings. The molecule has 3 nitrogen and oxygen atoms in total. The Morgan fingerprint density at radius 3 is 2.78 bits per heavy atom. The van der Waals surface area contributed by atoms with Crippen LogP contribution in [0.2, 0.25) is 0 Å². The molecule has 0 amide bonds. The average molecular weight is 258 g/mol. The molecule has 0 bridgehead atoms. The molecule has 0 fully saturated rings. The Labute approximate surface area is 111 Å². The number of carbonyl (C=O) groups excluding carboxylic acids is 1. The highest BCUT2D eigenvalue weighted by Gasteiger charge is 2.04. The topological polar surface area (TPSA) is 31.2 Å². The van der Waals surface area contributed by atoms with E-state index in [1.807, 2.05) is 47.2 Å². The molecule has 0 N–H and O–H groups in total. The number of rotatable bonds is 3. The third kappa shape index (κ3) is 2.60. The van der Waals surface area contributed by atoms with E-state index in [0.717, 1.165) is 16.3 Å². The van der Waals surface area contributed by atoms with Crippen molar-refractivity contribution in [1.29, 1.82) is 0 Å². The Morgan fingerprint density at radius 2 is 2.06 bits per heavy atom. The van der Waals surface area contributed by atoms with E-state index in [-0.39, 0.29) is 5.97 Å². The zero-order valence-electron chi connectivity index (χ0n) is 9.87. The highest BCUT2D eigenvalue weighted by molar-refractivity contribution is 7.80. The fourth-order valence-electron chi connectivity index (χ4n) is 1.63. The molecule has 1 aromatic heterocycles. The van der Waals surface area contributed by atoms with Crippen LogP contribution in [0.4, 0.5) is 0 Å². The van der Waals surface area contributed by atoms with Gasteiger partial charge in [-0.05, 0) is 30.3 Å². The van der Waals surface area contributed by atoms with Gasteiger partial charge in [-0.2, -0.15) is 0 Å². The summed E-state index contributed by atoms with van der Waals surface area (Å²) in [6.45, 7) is 0. The van der Waals surface area contributed by atoms with E-state index in [1.165, 1.54) is 13.2 Å². The summed E-state index contributed by atoms with van der Waals surface area (Å²) in [5, 5.41) is 0. The highest BCUT2D eigenvalue weighted by Crippen LogP contribution is 2.21. The van der Waals surface area contributed by atoms with Gasteiger partial charge in [-0.15, -0.1) is 0 Å². The number of ether oxygens (including phenoxy) is 1. The van der Waals surface area contributed by atoms with Crippen LogP contribution in [0.5, 0.6) is 0 Å². The zero-order chi connectivity index (χ0) is 13.0. The minimum Gasteiger partial charge on any atom is -0.466 e. The van der Waals surface area contributed by atoms with Gasteiger partial charge in [0.2, 0.25) is 0 Å². The number of methoxy groups -OCH3 is 1. The number of hydrogen-bond acceptors (Lipinski definition) is 2. The number of para-hydroxylation sites is 1. The molecular formula is C14H12NO2S. The first-order chi connectivity index (χ1) is 8.72. The molecule has 0 saturated heterocycles. The average Bonchev–Trinajstić information content (AvgIpc) is 2.84. The molecule has 0 aliphatic heterocycles. The van der Waals surface area contributed by atoms with Crippen LogP contribution in [-0.2, 0) is 9.53 Å². The molecule has 0 saturated carbocycles. The molecule has 0 spiro atoms. The van der Waals surface area contributed by atoms with Crippen LogP contribution < -0.4 is 0 Å². The maximum atomic E-state index is 11.1. The lowest BCUT2D eigenvalue weighted by Gasteiger charge is -2.08. The van der Waals surface area contributed by atoms with Crippen LogP contribution >= 0.6 is 12.6 Å². The van der Waals surface area contributed by atoms with Gasteiger partial charge in [0.05, 0.1) is 17.7 Å². The van der Waals surface area contributed by atoms with Crippen LogP contribution in [-0.4, -0.2) is 17.6 Å². The van der Waals surface area contributed by atoms with Gasteiger partial charge in [0.25, 0.3) is 0 Å². The van der Waals surface area contributed by atoms with Crippen LogP contribution in [0.1, 0.15) is 5.69 Å². The highest BCUT2D eigenvalue weighted by atomic mass is 32.1. The fraction of sp³-hybridized carbons (Fsp3) is 0.0714. The van der Waals surface area contributed by atoms with Gasteiger partial charge in [-0.3, -0.25) is 0 Å². The van der Waals surface area contributed by atoms with Crippen molar-refractivity contribution in [2.45, 2.75) is 4.90 Å². The minimum absolute atomic E-state index is 0.380. The number of nitrogens with zero attached hydrogens (tertiary/aromatic N) is 1.